The highest BCUT2D eigenvalue weighted by atomic mass is 35.5. The van der Waals surface area contributed by atoms with Gasteiger partial charge in [-0.25, -0.2) is 0 Å². The molecule has 0 radical (unpaired) electrons. The van der Waals surface area contributed by atoms with Gasteiger partial charge in [0.2, 0.25) is 5.91 Å². The Bertz CT molecular complexity index is 818. The van der Waals surface area contributed by atoms with Crippen molar-refractivity contribution in [3.63, 3.8) is 0 Å². The van der Waals surface area contributed by atoms with Gasteiger partial charge in [-0.1, -0.05) is 23.2 Å². The van der Waals surface area contributed by atoms with Crippen molar-refractivity contribution >= 4 is 35.0 Å². The number of likely N-dealkylation sites (N-methyl/N-ethyl adjacent to an activating group) is 1. The second kappa shape index (κ2) is 7.94. The van der Waals surface area contributed by atoms with Crippen LogP contribution < -0.4 is 16.2 Å². The minimum absolute atomic E-state index is 0.0688. The molecule has 126 valence electrons. The molecule has 0 fully saturated rings. The first-order valence-corrected chi connectivity index (χ1v) is 7.78. The van der Waals surface area contributed by atoms with E-state index in [-0.39, 0.29) is 22.5 Å². The number of aromatic nitrogens is 2. The summed E-state index contributed by atoms with van der Waals surface area (Å²) in [6, 6.07) is 6.11. The minimum atomic E-state index is -0.558. The van der Waals surface area contributed by atoms with Crippen LogP contribution in [-0.2, 0) is 4.79 Å². The van der Waals surface area contributed by atoms with Gasteiger partial charge in [0.05, 0.1) is 23.5 Å². The summed E-state index contributed by atoms with van der Waals surface area (Å²) in [4.78, 5) is 35.3. The summed E-state index contributed by atoms with van der Waals surface area (Å²) in [6.45, 7) is 2.18. The van der Waals surface area contributed by atoms with Crippen LogP contribution in [0.25, 0.3) is 5.69 Å². The van der Waals surface area contributed by atoms with Crippen LogP contribution in [0.2, 0.25) is 10.0 Å². The summed E-state index contributed by atoms with van der Waals surface area (Å²) in [5.41, 5.74) is 0.215. The van der Waals surface area contributed by atoms with Crippen LogP contribution >= 0.6 is 23.2 Å². The number of nitrogens with zero attached hydrogens (tertiary/aromatic N) is 2. The molecule has 24 heavy (non-hydrogen) atoms. The van der Waals surface area contributed by atoms with Gasteiger partial charge in [-0.2, -0.15) is 9.78 Å². The largest absolute Gasteiger partial charge is 0.355 e. The summed E-state index contributed by atoms with van der Waals surface area (Å²) in [5, 5.41) is 8.91. The Morgan fingerprint density at radius 3 is 2.46 bits per heavy atom. The van der Waals surface area contributed by atoms with Gasteiger partial charge >= 0.3 is 0 Å². The molecule has 0 saturated carbocycles. The van der Waals surface area contributed by atoms with Crippen molar-refractivity contribution in [1.82, 2.24) is 20.4 Å². The summed E-state index contributed by atoms with van der Waals surface area (Å²) in [7, 11) is 0. The number of nitrogens with one attached hydrogen (secondary N) is 2. The molecule has 2 rings (SSSR count). The van der Waals surface area contributed by atoms with Gasteiger partial charge < -0.3 is 10.6 Å². The van der Waals surface area contributed by atoms with Crippen molar-refractivity contribution in [2.75, 3.05) is 13.1 Å². The predicted octanol–water partition coefficient (Wildman–Crippen LogP) is 1.41. The van der Waals surface area contributed by atoms with Gasteiger partial charge in [0.1, 0.15) is 5.02 Å². The van der Waals surface area contributed by atoms with Crippen LogP contribution in [0.1, 0.15) is 17.3 Å². The third kappa shape index (κ3) is 4.12. The first-order valence-electron chi connectivity index (χ1n) is 7.02. The fourth-order valence-corrected chi connectivity index (χ4v) is 2.13. The molecular weight excluding hydrogens is 355 g/mol. The van der Waals surface area contributed by atoms with Crippen LogP contribution in [0.4, 0.5) is 0 Å². The van der Waals surface area contributed by atoms with E-state index in [1.54, 1.807) is 19.1 Å². The van der Waals surface area contributed by atoms with Crippen LogP contribution in [0.3, 0.4) is 0 Å². The Balaban J connectivity index is 2.14. The Labute approximate surface area is 147 Å². The van der Waals surface area contributed by atoms with Crippen molar-refractivity contribution in [3.05, 3.63) is 56.4 Å². The lowest BCUT2D eigenvalue weighted by molar-refractivity contribution is -0.120. The molecule has 1 aromatic heterocycles. The second-order valence-corrected chi connectivity index (χ2v) is 5.49. The van der Waals surface area contributed by atoms with E-state index >= 15 is 0 Å². The highest BCUT2D eigenvalue weighted by Gasteiger charge is 2.11. The number of carbonyl (C=O) groups is 2. The summed E-state index contributed by atoms with van der Waals surface area (Å²) >= 11 is 11.5. The highest BCUT2D eigenvalue weighted by molar-refractivity contribution is 6.41. The third-order valence-electron chi connectivity index (χ3n) is 3.03. The zero-order chi connectivity index (χ0) is 17.7. The van der Waals surface area contributed by atoms with Crippen LogP contribution in [-0.4, -0.2) is 34.7 Å². The van der Waals surface area contributed by atoms with Crippen molar-refractivity contribution in [3.8, 4) is 5.69 Å². The van der Waals surface area contributed by atoms with E-state index in [4.69, 9.17) is 23.2 Å². The van der Waals surface area contributed by atoms with Gasteiger partial charge in [0, 0.05) is 12.1 Å². The molecule has 1 heterocycles. The first kappa shape index (κ1) is 18.0. The van der Waals surface area contributed by atoms with Gasteiger partial charge in [0.15, 0.2) is 0 Å². The highest BCUT2D eigenvalue weighted by Crippen LogP contribution is 2.16. The van der Waals surface area contributed by atoms with E-state index in [9.17, 15) is 14.4 Å². The molecule has 0 aliphatic rings. The zero-order valence-corrected chi connectivity index (χ0v) is 14.2. The first-order chi connectivity index (χ1) is 11.4. The van der Waals surface area contributed by atoms with E-state index in [0.29, 0.717) is 17.8 Å². The molecule has 0 saturated heterocycles. The maximum absolute atomic E-state index is 12.0. The number of rotatable bonds is 5. The van der Waals surface area contributed by atoms with Gasteiger partial charge in [-0.3, -0.25) is 14.4 Å². The van der Waals surface area contributed by atoms with Crippen molar-refractivity contribution in [2.24, 2.45) is 0 Å². The Kier molecular flexibility index (Phi) is 5.94. The molecule has 0 atom stereocenters. The van der Waals surface area contributed by atoms with E-state index in [2.05, 4.69) is 15.7 Å². The molecule has 0 aliphatic heterocycles. The van der Waals surface area contributed by atoms with E-state index in [0.717, 1.165) is 4.68 Å². The fraction of sp³-hybridized carbons (Fsp3) is 0.200. The lowest BCUT2D eigenvalue weighted by atomic mass is 10.2. The maximum atomic E-state index is 12.0. The number of halogens is 2. The molecule has 0 unspecified atom stereocenters. The molecule has 0 spiro atoms. The monoisotopic (exact) mass is 368 g/mol. The Morgan fingerprint density at radius 2 is 1.83 bits per heavy atom. The zero-order valence-electron chi connectivity index (χ0n) is 12.7. The average molecular weight is 369 g/mol. The van der Waals surface area contributed by atoms with Crippen molar-refractivity contribution in [1.29, 1.82) is 0 Å². The number of hydrogen-bond acceptors (Lipinski definition) is 4. The SMILES string of the molecule is CCNC(=O)CNC(=O)c1ccc(-n2ncc(Cl)c(Cl)c2=O)cc1. The van der Waals surface area contributed by atoms with Gasteiger partial charge in [0.25, 0.3) is 11.5 Å². The molecule has 9 heteroatoms. The molecule has 1 aromatic carbocycles. The second-order valence-electron chi connectivity index (χ2n) is 4.71. The molecular formula is C15H14Cl2N4O3. The Morgan fingerprint density at radius 1 is 1.17 bits per heavy atom. The minimum Gasteiger partial charge on any atom is -0.355 e. The van der Waals surface area contributed by atoms with Crippen LogP contribution in [0.5, 0.6) is 0 Å². The van der Waals surface area contributed by atoms with Gasteiger partial charge in [-0.05, 0) is 31.2 Å². The molecule has 2 amide bonds. The normalized spacial score (nSPS) is 10.3. The molecule has 7 nitrogen and oxygen atoms in total. The standard InChI is InChI=1S/C15H14Cl2N4O3/c1-2-18-12(22)8-19-14(23)9-3-5-10(6-4-9)21-15(24)13(17)11(16)7-20-21/h3-7H,2,8H2,1H3,(H,18,22)(H,19,23). The van der Waals surface area contributed by atoms with E-state index in [1.165, 1.54) is 18.3 Å². The number of amides is 2. The number of hydrogen-bond donors (Lipinski definition) is 2. The lowest BCUT2D eigenvalue weighted by Crippen LogP contribution is -2.36. The summed E-state index contributed by atoms with van der Waals surface area (Å²) in [5.74, 6) is -0.670. The molecule has 2 aromatic rings. The van der Waals surface area contributed by atoms with E-state index in [1.807, 2.05) is 0 Å². The number of benzene rings is 1. The van der Waals surface area contributed by atoms with E-state index < -0.39 is 11.5 Å². The van der Waals surface area contributed by atoms with Crippen LogP contribution in [0.15, 0.2) is 35.3 Å². The summed E-state index contributed by atoms with van der Waals surface area (Å²) in [6.07, 6.45) is 1.26. The topological polar surface area (TPSA) is 93.1 Å². The van der Waals surface area contributed by atoms with Crippen LogP contribution in [0, 0.1) is 0 Å². The van der Waals surface area contributed by atoms with Crippen molar-refractivity contribution < 1.29 is 9.59 Å². The Hall–Kier alpha value is -2.38. The molecule has 0 bridgehead atoms. The quantitative estimate of drug-likeness (QED) is 0.834. The smallest absolute Gasteiger partial charge is 0.291 e. The van der Waals surface area contributed by atoms with Crippen molar-refractivity contribution in [2.45, 2.75) is 6.92 Å². The average Bonchev–Trinajstić information content (AvgIpc) is 2.58. The number of carbonyl (C=O) groups excluding carboxylic acids is 2. The fourth-order valence-electron chi connectivity index (χ4n) is 1.87. The maximum Gasteiger partial charge on any atom is 0.291 e. The molecule has 2 N–H and O–H groups in total. The van der Waals surface area contributed by atoms with Gasteiger partial charge in [-0.15, -0.1) is 0 Å². The third-order valence-corrected chi connectivity index (χ3v) is 3.78. The molecule has 0 aliphatic carbocycles. The summed E-state index contributed by atoms with van der Waals surface area (Å²) < 4.78 is 1.07. The predicted molar refractivity (Wildman–Crippen MR) is 90.9 cm³/mol. The lowest BCUT2D eigenvalue weighted by Gasteiger charge is -2.08.